The van der Waals surface area contributed by atoms with Gasteiger partial charge in [-0.05, 0) is 62.5 Å². The molecule has 0 radical (unpaired) electrons. The van der Waals surface area contributed by atoms with Crippen LogP contribution in [0.2, 0.25) is 0 Å². The van der Waals surface area contributed by atoms with E-state index < -0.39 is 0 Å². The first-order valence-corrected chi connectivity index (χ1v) is 9.78. The molecule has 0 unspecified atom stereocenters. The summed E-state index contributed by atoms with van der Waals surface area (Å²) in [5.41, 5.74) is 5.93. The molecule has 1 aliphatic heterocycles. The number of rotatable bonds is 4. The summed E-state index contributed by atoms with van der Waals surface area (Å²) in [5.74, 6) is 0.898. The lowest BCUT2D eigenvalue weighted by Crippen LogP contribution is -2.38. The molecule has 27 heavy (non-hydrogen) atoms. The molecule has 4 heteroatoms. The van der Waals surface area contributed by atoms with E-state index in [0.29, 0.717) is 6.04 Å². The van der Waals surface area contributed by atoms with Crippen LogP contribution in [0.4, 0.5) is 0 Å². The summed E-state index contributed by atoms with van der Waals surface area (Å²) in [4.78, 5) is 2.61. The fourth-order valence-electron chi connectivity index (χ4n) is 4.52. The third kappa shape index (κ3) is 3.04. The van der Waals surface area contributed by atoms with Crippen molar-refractivity contribution in [1.29, 1.82) is 0 Å². The molecule has 2 heterocycles. The molecule has 0 amide bonds. The molecule has 1 aromatic heterocycles. The second-order valence-electron chi connectivity index (χ2n) is 7.66. The lowest BCUT2D eigenvalue weighted by Gasteiger charge is -2.30. The van der Waals surface area contributed by atoms with Gasteiger partial charge in [0, 0.05) is 11.1 Å². The molecule has 2 aromatic carbocycles. The molecule has 2 atom stereocenters. The molecule has 3 aromatic rings. The molecular formula is C23H24N2O2. The molecule has 2 aliphatic rings. The highest BCUT2D eigenvalue weighted by Crippen LogP contribution is 2.41. The smallest absolute Gasteiger partial charge is 0.140 e. The number of ether oxygens (including phenoxy) is 1. The van der Waals surface area contributed by atoms with Crippen LogP contribution >= 0.6 is 0 Å². The van der Waals surface area contributed by atoms with Crippen molar-refractivity contribution < 1.29 is 9.26 Å². The number of aromatic nitrogens is 1. The normalized spacial score (nSPS) is 22.1. The van der Waals surface area contributed by atoms with Gasteiger partial charge in [-0.15, -0.1) is 0 Å². The first-order chi connectivity index (χ1) is 13.3. The second-order valence-corrected chi connectivity index (χ2v) is 7.66. The average molecular weight is 360 g/mol. The van der Waals surface area contributed by atoms with Gasteiger partial charge in [0.05, 0.1) is 12.2 Å². The Hall–Kier alpha value is -2.59. The summed E-state index contributed by atoms with van der Waals surface area (Å²) in [6, 6.07) is 15.5. The van der Waals surface area contributed by atoms with Crippen molar-refractivity contribution in [3.63, 3.8) is 0 Å². The average Bonchev–Trinajstić information content (AvgIpc) is 3.44. The topological polar surface area (TPSA) is 38.5 Å². The Morgan fingerprint density at radius 3 is 2.78 bits per heavy atom. The predicted octanol–water partition coefficient (Wildman–Crippen LogP) is 4.79. The largest absolute Gasteiger partial charge is 0.483 e. The molecule has 0 saturated carbocycles. The van der Waals surface area contributed by atoms with Gasteiger partial charge in [0.1, 0.15) is 18.1 Å². The summed E-state index contributed by atoms with van der Waals surface area (Å²) in [6.07, 6.45) is 7.13. The number of aryl methyl sites for hydroxylation is 1. The summed E-state index contributed by atoms with van der Waals surface area (Å²) in [6.45, 7) is 4.44. The first-order valence-electron chi connectivity index (χ1n) is 9.78. The van der Waals surface area contributed by atoms with E-state index in [1.54, 1.807) is 12.5 Å². The molecule has 1 saturated heterocycles. The Kier molecular flexibility index (Phi) is 4.21. The van der Waals surface area contributed by atoms with Crippen LogP contribution in [0.1, 0.15) is 35.6 Å². The van der Waals surface area contributed by atoms with Gasteiger partial charge in [0.25, 0.3) is 0 Å². The fraction of sp³-hybridized carbons (Fsp3) is 0.348. The molecule has 5 rings (SSSR count). The number of likely N-dealkylation sites (tertiary alicyclic amines) is 1. The molecule has 0 N–H and O–H groups in total. The van der Waals surface area contributed by atoms with E-state index in [9.17, 15) is 0 Å². The van der Waals surface area contributed by atoms with Crippen LogP contribution in [0.5, 0.6) is 5.75 Å². The van der Waals surface area contributed by atoms with Crippen molar-refractivity contribution >= 4 is 0 Å². The highest BCUT2D eigenvalue weighted by Gasteiger charge is 2.39. The first kappa shape index (κ1) is 16.6. The van der Waals surface area contributed by atoms with E-state index in [0.717, 1.165) is 23.3 Å². The maximum Gasteiger partial charge on any atom is 0.140 e. The van der Waals surface area contributed by atoms with E-state index >= 15 is 0 Å². The van der Waals surface area contributed by atoms with Gasteiger partial charge in [-0.3, -0.25) is 4.90 Å². The number of fused-ring (bicyclic) bond motifs is 1. The number of hydrogen-bond acceptors (Lipinski definition) is 4. The van der Waals surface area contributed by atoms with Gasteiger partial charge < -0.3 is 9.26 Å². The minimum Gasteiger partial charge on any atom is -0.483 e. The second kappa shape index (κ2) is 6.86. The van der Waals surface area contributed by atoms with Gasteiger partial charge in [-0.1, -0.05) is 41.1 Å². The Bertz CT molecular complexity index is 929. The standard InChI is InChI=1S/C23H24N2O2/c1-16-8-9-22(20(12-16)18-14-24-26-15-18)27-23-19-7-3-2-6-17(19)13-21(23)25-10-4-5-11-25/h2-3,6-9,12,14-15,21,23H,4-5,10-11,13H2,1H3/t21-,23-/m0/s1. The fourth-order valence-corrected chi connectivity index (χ4v) is 4.52. The Morgan fingerprint density at radius 2 is 1.96 bits per heavy atom. The third-order valence-electron chi connectivity index (χ3n) is 5.88. The summed E-state index contributed by atoms with van der Waals surface area (Å²) < 4.78 is 11.8. The van der Waals surface area contributed by atoms with E-state index in [4.69, 9.17) is 9.26 Å². The van der Waals surface area contributed by atoms with Crippen LogP contribution in [0.25, 0.3) is 11.1 Å². The van der Waals surface area contributed by atoms with Gasteiger partial charge in [0.2, 0.25) is 0 Å². The lowest BCUT2D eigenvalue weighted by molar-refractivity contribution is 0.0946. The predicted molar refractivity (Wildman–Crippen MR) is 105 cm³/mol. The van der Waals surface area contributed by atoms with E-state index in [2.05, 4.69) is 59.4 Å². The van der Waals surface area contributed by atoms with Gasteiger partial charge >= 0.3 is 0 Å². The Balaban J connectivity index is 1.53. The minimum absolute atomic E-state index is 0.0561. The van der Waals surface area contributed by atoms with Crippen molar-refractivity contribution in [1.82, 2.24) is 10.1 Å². The van der Waals surface area contributed by atoms with E-state index in [1.165, 1.54) is 42.6 Å². The van der Waals surface area contributed by atoms with Crippen molar-refractivity contribution in [2.75, 3.05) is 13.1 Å². The van der Waals surface area contributed by atoms with Crippen molar-refractivity contribution in [3.05, 3.63) is 71.6 Å². The maximum atomic E-state index is 6.73. The third-order valence-corrected chi connectivity index (χ3v) is 5.88. The molecule has 0 spiro atoms. The van der Waals surface area contributed by atoms with Crippen molar-refractivity contribution in [3.8, 4) is 16.9 Å². The van der Waals surface area contributed by atoms with Gasteiger partial charge in [-0.25, -0.2) is 0 Å². The van der Waals surface area contributed by atoms with Crippen LogP contribution in [0.15, 0.2) is 59.4 Å². The van der Waals surface area contributed by atoms with Crippen molar-refractivity contribution in [2.45, 2.75) is 38.3 Å². The Morgan fingerprint density at radius 1 is 1.11 bits per heavy atom. The molecule has 1 fully saturated rings. The van der Waals surface area contributed by atoms with Crippen LogP contribution in [0.3, 0.4) is 0 Å². The zero-order valence-corrected chi connectivity index (χ0v) is 15.6. The molecule has 1 aliphatic carbocycles. The lowest BCUT2D eigenvalue weighted by atomic mass is 10.0. The van der Waals surface area contributed by atoms with Gasteiger partial charge in [0.15, 0.2) is 0 Å². The molecule has 4 nitrogen and oxygen atoms in total. The number of nitrogens with zero attached hydrogens (tertiary/aromatic N) is 2. The summed E-state index contributed by atoms with van der Waals surface area (Å²) in [7, 11) is 0. The molecule has 138 valence electrons. The van der Waals surface area contributed by atoms with Crippen LogP contribution in [0, 0.1) is 6.92 Å². The highest BCUT2D eigenvalue weighted by molar-refractivity contribution is 5.69. The van der Waals surface area contributed by atoms with Crippen LogP contribution in [-0.2, 0) is 6.42 Å². The molecule has 0 bridgehead atoms. The monoisotopic (exact) mass is 360 g/mol. The van der Waals surface area contributed by atoms with Crippen molar-refractivity contribution in [2.24, 2.45) is 0 Å². The zero-order chi connectivity index (χ0) is 18.2. The number of hydrogen-bond donors (Lipinski definition) is 0. The highest BCUT2D eigenvalue weighted by atomic mass is 16.5. The summed E-state index contributed by atoms with van der Waals surface area (Å²) in [5, 5.41) is 3.88. The minimum atomic E-state index is 0.0561. The van der Waals surface area contributed by atoms with E-state index in [1.807, 2.05) is 0 Å². The quantitative estimate of drug-likeness (QED) is 0.670. The summed E-state index contributed by atoms with van der Waals surface area (Å²) >= 11 is 0. The van der Waals surface area contributed by atoms with Crippen LogP contribution in [-0.4, -0.2) is 29.2 Å². The van der Waals surface area contributed by atoms with E-state index in [-0.39, 0.29) is 6.10 Å². The van der Waals surface area contributed by atoms with Crippen LogP contribution < -0.4 is 4.74 Å². The zero-order valence-electron chi connectivity index (χ0n) is 15.6. The number of benzene rings is 2. The SMILES string of the molecule is Cc1ccc(O[C@H]2c3ccccc3C[C@@H]2N2CCCC2)c(-c2cnoc2)c1. The molecular weight excluding hydrogens is 336 g/mol. The maximum absolute atomic E-state index is 6.73. The Labute approximate surface area is 159 Å². The van der Waals surface area contributed by atoms with Gasteiger partial charge in [-0.2, -0.15) is 0 Å².